The van der Waals surface area contributed by atoms with E-state index in [9.17, 15) is 4.39 Å². The molecule has 1 aromatic carbocycles. The van der Waals surface area contributed by atoms with Crippen molar-refractivity contribution in [1.82, 2.24) is 15.2 Å². The molecule has 0 unspecified atom stereocenters. The molecule has 0 saturated carbocycles. The number of hydrogen-bond acceptors (Lipinski definition) is 5. The molecule has 0 radical (unpaired) electrons. The average Bonchev–Trinajstić information content (AvgIpc) is 3.09. The van der Waals surface area contributed by atoms with Gasteiger partial charge in [-0.25, -0.2) is 14.4 Å². The highest BCUT2D eigenvalue weighted by molar-refractivity contribution is 14.0. The van der Waals surface area contributed by atoms with Crippen molar-refractivity contribution in [3.8, 4) is 5.75 Å². The zero-order chi connectivity index (χ0) is 18.9. The largest absolute Gasteiger partial charge is 0.492 e. The second kappa shape index (κ2) is 12.0. The number of likely N-dealkylation sites (N-methyl/N-ethyl adjacent to an activating group) is 1. The number of nitrogens with one attached hydrogen (secondary N) is 1. The first-order chi connectivity index (χ1) is 12.5. The van der Waals surface area contributed by atoms with Crippen LogP contribution < -0.4 is 15.0 Å². The maximum absolute atomic E-state index is 12.9. The van der Waals surface area contributed by atoms with E-state index in [-0.39, 0.29) is 29.8 Å². The van der Waals surface area contributed by atoms with E-state index in [0.717, 1.165) is 23.3 Å². The number of halogens is 2. The molecule has 0 spiro atoms. The quantitative estimate of drug-likeness (QED) is 0.337. The Morgan fingerprint density at radius 1 is 1.26 bits per heavy atom. The minimum absolute atomic E-state index is 0. The zero-order valence-corrected chi connectivity index (χ0v) is 19.3. The molecule has 150 valence electrons. The second-order valence-corrected chi connectivity index (χ2v) is 6.75. The molecular weight excluding hydrogens is 480 g/mol. The zero-order valence-electron chi connectivity index (χ0n) is 16.1. The lowest BCUT2D eigenvalue weighted by Gasteiger charge is -2.22. The molecule has 0 aliphatic carbocycles. The van der Waals surface area contributed by atoms with Crippen molar-refractivity contribution in [2.24, 2.45) is 4.99 Å². The SMILES string of the molecule is CCNC(=NCc1csc(N(C)C)n1)N(C)CCOc1ccc(F)cc1.I. The molecule has 0 atom stereocenters. The Hall–Kier alpha value is -1.62. The van der Waals surface area contributed by atoms with Crippen molar-refractivity contribution in [1.29, 1.82) is 0 Å². The van der Waals surface area contributed by atoms with Crippen LogP contribution in [0.1, 0.15) is 12.6 Å². The summed E-state index contributed by atoms with van der Waals surface area (Å²) < 4.78 is 18.5. The van der Waals surface area contributed by atoms with E-state index in [1.165, 1.54) is 12.1 Å². The van der Waals surface area contributed by atoms with E-state index in [4.69, 9.17) is 4.74 Å². The van der Waals surface area contributed by atoms with Crippen molar-refractivity contribution in [3.05, 3.63) is 41.2 Å². The standard InChI is InChI=1S/C18H26FN5OS.HI/c1-5-20-17(21-12-15-13-26-18(22-15)23(2)3)24(4)10-11-25-16-8-6-14(19)7-9-16;/h6-9,13H,5,10-12H2,1-4H3,(H,20,21);1H. The Kier molecular flexibility index (Phi) is 10.4. The van der Waals surface area contributed by atoms with Gasteiger partial charge in [-0.15, -0.1) is 35.3 Å². The van der Waals surface area contributed by atoms with Crippen molar-refractivity contribution < 1.29 is 9.13 Å². The first-order valence-corrected chi connectivity index (χ1v) is 9.37. The lowest BCUT2D eigenvalue weighted by atomic mass is 10.3. The van der Waals surface area contributed by atoms with Gasteiger partial charge >= 0.3 is 0 Å². The summed E-state index contributed by atoms with van der Waals surface area (Å²) in [5.74, 6) is 1.19. The van der Waals surface area contributed by atoms with E-state index < -0.39 is 0 Å². The van der Waals surface area contributed by atoms with E-state index in [1.807, 2.05) is 43.2 Å². The lowest BCUT2D eigenvalue weighted by Crippen LogP contribution is -2.40. The minimum Gasteiger partial charge on any atom is -0.492 e. The van der Waals surface area contributed by atoms with Gasteiger partial charge in [-0.2, -0.15) is 0 Å². The fourth-order valence-electron chi connectivity index (χ4n) is 2.14. The Balaban J connectivity index is 0.00000364. The van der Waals surface area contributed by atoms with Gasteiger partial charge in [0.05, 0.1) is 18.8 Å². The number of aliphatic imine (C=N–C) groups is 1. The predicted molar refractivity (Wildman–Crippen MR) is 121 cm³/mol. The predicted octanol–water partition coefficient (Wildman–Crippen LogP) is 3.44. The van der Waals surface area contributed by atoms with Crippen LogP contribution in [0.5, 0.6) is 5.75 Å². The molecule has 1 heterocycles. The summed E-state index contributed by atoms with van der Waals surface area (Å²) in [6, 6.07) is 6.03. The monoisotopic (exact) mass is 507 g/mol. The smallest absolute Gasteiger partial charge is 0.194 e. The van der Waals surface area contributed by atoms with Crippen LogP contribution in [0.3, 0.4) is 0 Å². The molecule has 0 saturated heterocycles. The highest BCUT2D eigenvalue weighted by atomic mass is 127. The second-order valence-electron chi connectivity index (χ2n) is 5.91. The van der Waals surface area contributed by atoms with E-state index in [0.29, 0.717) is 25.4 Å². The highest BCUT2D eigenvalue weighted by Gasteiger charge is 2.08. The minimum atomic E-state index is -0.268. The Labute approximate surface area is 181 Å². The van der Waals surface area contributed by atoms with E-state index in [2.05, 4.69) is 15.3 Å². The number of aromatic nitrogens is 1. The number of ether oxygens (including phenoxy) is 1. The number of guanidine groups is 1. The highest BCUT2D eigenvalue weighted by Crippen LogP contribution is 2.18. The first kappa shape index (κ1) is 23.4. The van der Waals surface area contributed by atoms with Gasteiger partial charge in [-0.3, -0.25) is 0 Å². The summed E-state index contributed by atoms with van der Waals surface area (Å²) in [5, 5.41) is 6.28. The molecule has 0 bridgehead atoms. The van der Waals surface area contributed by atoms with Gasteiger partial charge in [-0.05, 0) is 31.2 Å². The summed E-state index contributed by atoms with van der Waals surface area (Å²) >= 11 is 1.61. The molecular formula is C18H27FIN5OS. The van der Waals surface area contributed by atoms with Gasteiger partial charge in [0, 0.05) is 33.1 Å². The molecule has 27 heavy (non-hydrogen) atoms. The van der Waals surface area contributed by atoms with Gasteiger partial charge < -0.3 is 19.9 Å². The number of thiazole rings is 1. The van der Waals surface area contributed by atoms with Crippen LogP contribution in [0.25, 0.3) is 0 Å². The molecule has 0 amide bonds. The van der Waals surface area contributed by atoms with Crippen LogP contribution in [-0.4, -0.2) is 56.7 Å². The Morgan fingerprint density at radius 2 is 1.96 bits per heavy atom. The summed E-state index contributed by atoms with van der Waals surface area (Å²) in [6.07, 6.45) is 0. The van der Waals surface area contributed by atoms with Crippen LogP contribution in [0, 0.1) is 5.82 Å². The maximum Gasteiger partial charge on any atom is 0.194 e. The van der Waals surface area contributed by atoms with Gasteiger partial charge in [0.1, 0.15) is 18.2 Å². The van der Waals surface area contributed by atoms with Crippen LogP contribution in [0.4, 0.5) is 9.52 Å². The van der Waals surface area contributed by atoms with Gasteiger partial charge in [0.25, 0.3) is 0 Å². The third-order valence-electron chi connectivity index (χ3n) is 3.52. The number of nitrogens with zero attached hydrogens (tertiary/aromatic N) is 4. The molecule has 9 heteroatoms. The van der Waals surface area contributed by atoms with Gasteiger partial charge in [0.15, 0.2) is 11.1 Å². The lowest BCUT2D eigenvalue weighted by molar-refractivity contribution is 0.281. The summed E-state index contributed by atoms with van der Waals surface area (Å²) in [6.45, 7) is 4.47. The molecule has 2 rings (SSSR count). The summed E-state index contributed by atoms with van der Waals surface area (Å²) in [4.78, 5) is 13.2. The third kappa shape index (κ3) is 7.87. The Morgan fingerprint density at radius 3 is 2.56 bits per heavy atom. The molecule has 0 aliphatic heterocycles. The van der Waals surface area contributed by atoms with Gasteiger partial charge in [0.2, 0.25) is 0 Å². The molecule has 6 nitrogen and oxygen atoms in total. The number of rotatable bonds is 8. The number of benzene rings is 1. The molecule has 1 aromatic heterocycles. The molecule has 0 aliphatic rings. The topological polar surface area (TPSA) is 53.0 Å². The van der Waals surface area contributed by atoms with E-state index >= 15 is 0 Å². The molecule has 2 aromatic rings. The Bertz CT molecular complexity index is 708. The molecule has 0 fully saturated rings. The molecule has 1 N–H and O–H groups in total. The van der Waals surface area contributed by atoms with Crippen molar-refractivity contribution in [2.45, 2.75) is 13.5 Å². The van der Waals surface area contributed by atoms with Crippen LogP contribution in [-0.2, 0) is 6.54 Å². The first-order valence-electron chi connectivity index (χ1n) is 8.49. The summed E-state index contributed by atoms with van der Waals surface area (Å²) in [7, 11) is 5.91. The fraction of sp³-hybridized carbons (Fsp3) is 0.444. The average molecular weight is 507 g/mol. The van der Waals surface area contributed by atoms with Crippen molar-refractivity contribution >= 4 is 46.4 Å². The number of anilines is 1. The van der Waals surface area contributed by atoms with E-state index in [1.54, 1.807) is 23.5 Å². The maximum atomic E-state index is 12.9. The summed E-state index contributed by atoms with van der Waals surface area (Å²) in [5.41, 5.74) is 0.949. The van der Waals surface area contributed by atoms with Crippen LogP contribution in [0.2, 0.25) is 0 Å². The van der Waals surface area contributed by atoms with Crippen LogP contribution in [0.15, 0.2) is 34.6 Å². The number of hydrogen-bond donors (Lipinski definition) is 1. The normalized spacial score (nSPS) is 10.9. The third-order valence-corrected chi connectivity index (χ3v) is 4.58. The van der Waals surface area contributed by atoms with Crippen molar-refractivity contribution in [2.75, 3.05) is 45.7 Å². The van der Waals surface area contributed by atoms with Gasteiger partial charge in [-0.1, -0.05) is 0 Å². The van der Waals surface area contributed by atoms with Crippen LogP contribution >= 0.6 is 35.3 Å². The van der Waals surface area contributed by atoms with Crippen molar-refractivity contribution in [3.63, 3.8) is 0 Å². The fourth-order valence-corrected chi connectivity index (χ4v) is 2.89.